The number of nitrogens with zero attached hydrogens (tertiary/aromatic N) is 1. The summed E-state index contributed by atoms with van der Waals surface area (Å²) in [5.74, 6) is 0.161. The van der Waals surface area contributed by atoms with Crippen LogP contribution in [0.1, 0.15) is 49.3 Å². The molecule has 1 aromatic rings. The van der Waals surface area contributed by atoms with Crippen LogP contribution in [0.4, 0.5) is 0 Å². The van der Waals surface area contributed by atoms with Crippen LogP contribution in [0.15, 0.2) is 18.2 Å². The van der Waals surface area contributed by atoms with Gasteiger partial charge in [-0.05, 0) is 42.9 Å². The van der Waals surface area contributed by atoms with E-state index >= 15 is 0 Å². The molecule has 2 N–H and O–H groups in total. The summed E-state index contributed by atoms with van der Waals surface area (Å²) in [6.07, 6.45) is 4.78. The molecule has 0 radical (unpaired) electrons. The molecule has 0 unspecified atom stereocenters. The normalized spacial score (nSPS) is 23.1. The van der Waals surface area contributed by atoms with Gasteiger partial charge < -0.3 is 10.4 Å². The number of hydrogen-bond donors (Lipinski definition) is 2. The predicted octanol–water partition coefficient (Wildman–Crippen LogP) is 2.58. The molecule has 1 atom stereocenters. The summed E-state index contributed by atoms with van der Waals surface area (Å²) in [5.41, 5.74) is 1.08. The molecule has 3 rings (SSSR count). The Kier molecular flexibility index (Phi) is 3.13. The van der Waals surface area contributed by atoms with Gasteiger partial charge in [0.2, 0.25) is 5.91 Å². The molecule has 0 aromatic heterocycles. The quantitative estimate of drug-likeness (QED) is 0.867. The number of carbonyl (C=O) groups is 1. The van der Waals surface area contributed by atoms with Gasteiger partial charge in [0.1, 0.15) is 11.2 Å². The molecule has 0 saturated heterocycles. The summed E-state index contributed by atoms with van der Waals surface area (Å²) in [7, 11) is 0. The van der Waals surface area contributed by atoms with Crippen LogP contribution in [0.2, 0.25) is 0 Å². The van der Waals surface area contributed by atoms with Crippen LogP contribution in [-0.2, 0) is 11.2 Å². The zero-order valence-corrected chi connectivity index (χ0v) is 11.4. The van der Waals surface area contributed by atoms with E-state index in [0.717, 1.165) is 36.8 Å². The van der Waals surface area contributed by atoms with Crippen molar-refractivity contribution >= 4 is 5.91 Å². The van der Waals surface area contributed by atoms with E-state index in [0.29, 0.717) is 18.6 Å². The first-order valence-corrected chi connectivity index (χ1v) is 7.19. The number of phenols is 1. The molecular formula is C16H18N2O2. The van der Waals surface area contributed by atoms with Gasteiger partial charge >= 0.3 is 0 Å². The average Bonchev–Trinajstić information content (AvgIpc) is 3.07. The highest BCUT2D eigenvalue weighted by Crippen LogP contribution is 2.40. The zero-order valence-electron chi connectivity index (χ0n) is 11.4. The minimum absolute atomic E-state index is 0.0737. The molecule has 1 saturated carbocycles. The lowest BCUT2D eigenvalue weighted by molar-refractivity contribution is -0.128. The third-order valence-electron chi connectivity index (χ3n) is 4.66. The Balaban J connectivity index is 1.79. The van der Waals surface area contributed by atoms with E-state index in [9.17, 15) is 15.2 Å². The standard InChI is InChI=1S/C16H18N2O2/c17-10-16(8-1-2-9-16)15(20)18-13-7-6-12-11(13)4-3-5-14(12)19/h3-5,13,19H,1-2,6-9H2,(H,18,20)/t13-/m0/s1. The van der Waals surface area contributed by atoms with Crippen LogP contribution in [0.25, 0.3) is 0 Å². The third-order valence-corrected chi connectivity index (χ3v) is 4.66. The minimum atomic E-state index is -0.834. The number of aromatic hydroxyl groups is 1. The number of benzene rings is 1. The lowest BCUT2D eigenvalue weighted by Crippen LogP contribution is -2.39. The van der Waals surface area contributed by atoms with Crippen molar-refractivity contribution in [2.45, 2.75) is 44.6 Å². The predicted molar refractivity (Wildman–Crippen MR) is 73.8 cm³/mol. The SMILES string of the molecule is N#CC1(C(=O)N[C@H]2CCc3c(O)cccc32)CCCC1. The summed E-state index contributed by atoms with van der Waals surface area (Å²) in [4.78, 5) is 12.5. The minimum Gasteiger partial charge on any atom is -0.508 e. The van der Waals surface area contributed by atoms with E-state index in [2.05, 4.69) is 11.4 Å². The van der Waals surface area contributed by atoms with Gasteiger partial charge in [0.25, 0.3) is 0 Å². The van der Waals surface area contributed by atoms with Crippen molar-refractivity contribution in [3.05, 3.63) is 29.3 Å². The van der Waals surface area contributed by atoms with E-state index in [1.165, 1.54) is 0 Å². The number of fused-ring (bicyclic) bond motifs is 1. The summed E-state index contributed by atoms with van der Waals surface area (Å²) in [6, 6.07) is 7.57. The number of hydrogen-bond acceptors (Lipinski definition) is 3. The number of nitrogens with one attached hydrogen (secondary N) is 1. The van der Waals surface area contributed by atoms with Gasteiger partial charge in [-0.2, -0.15) is 5.26 Å². The molecule has 1 fully saturated rings. The van der Waals surface area contributed by atoms with E-state index in [1.807, 2.05) is 6.07 Å². The first-order valence-electron chi connectivity index (χ1n) is 7.19. The number of carbonyl (C=O) groups excluding carboxylic acids is 1. The fourth-order valence-electron chi connectivity index (χ4n) is 3.45. The molecule has 4 nitrogen and oxygen atoms in total. The largest absolute Gasteiger partial charge is 0.508 e. The van der Waals surface area contributed by atoms with Crippen molar-refractivity contribution in [3.63, 3.8) is 0 Å². The van der Waals surface area contributed by atoms with Gasteiger partial charge in [0, 0.05) is 0 Å². The average molecular weight is 270 g/mol. The van der Waals surface area contributed by atoms with Crippen molar-refractivity contribution < 1.29 is 9.90 Å². The highest BCUT2D eigenvalue weighted by atomic mass is 16.3. The molecule has 104 valence electrons. The van der Waals surface area contributed by atoms with Gasteiger partial charge in [-0.1, -0.05) is 25.0 Å². The second kappa shape index (κ2) is 4.82. The summed E-state index contributed by atoms with van der Waals surface area (Å²) in [5, 5.41) is 22.2. The first kappa shape index (κ1) is 13.0. The number of nitriles is 1. The number of phenolic OH excluding ortho intramolecular Hbond substituents is 1. The van der Waals surface area contributed by atoms with E-state index in [4.69, 9.17) is 0 Å². The van der Waals surface area contributed by atoms with E-state index < -0.39 is 5.41 Å². The van der Waals surface area contributed by atoms with Crippen LogP contribution in [0, 0.1) is 16.7 Å². The second-order valence-electron chi connectivity index (χ2n) is 5.81. The number of amides is 1. The second-order valence-corrected chi connectivity index (χ2v) is 5.81. The van der Waals surface area contributed by atoms with Gasteiger partial charge in [-0.15, -0.1) is 0 Å². The molecule has 0 spiro atoms. The monoisotopic (exact) mass is 270 g/mol. The molecule has 4 heteroatoms. The topological polar surface area (TPSA) is 73.1 Å². The van der Waals surface area contributed by atoms with Gasteiger partial charge in [0.05, 0.1) is 12.1 Å². The van der Waals surface area contributed by atoms with Crippen molar-refractivity contribution in [2.24, 2.45) is 5.41 Å². The van der Waals surface area contributed by atoms with Crippen molar-refractivity contribution in [3.8, 4) is 11.8 Å². The smallest absolute Gasteiger partial charge is 0.240 e. The highest BCUT2D eigenvalue weighted by molar-refractivity contribution is 5.86. The Morgan fingerprint density at radius 2 is 2.15 bits per heavy atom. The molecule has 2 aliphatic carbocycles. The van der Waals surface area contributed by atoms with Gasteiger partial charge in [-0.25, -0.2) is 0 Å². The van der Waals surface area contributed by atoms with Crippen LogP contribution in [-0.4, -0.2) is 11.0 Å². The lowest BCUT2D eigenvalue weighted by Gasteiger charge is -2.23. The van der Waals surface area contributed by atoms with Crippen LogP contribution in [0.3, 0.4) is 0 Å². The Morgan fingerprint density at radius 1 is 1.40 bits per heavy atom. The Bertz CT molecular complexity index is 583. The summed E-state index contributed by atoms with van der Waals surface area (Å²) in [6.45, 7) is 0. The third kappa shape index (κ3) is 1.94. The molecular weight excluding hydrogens is 252 g/mol. The van der Waals surface area contributed by atoms with Gasteiger partial charge in [0.15, 0.2) is 0 Å². The molecule has 2 aliphatic rings. The maximum Gasteiger partial charge on any atom is 0.240 e. The van der Waals surface area contributed by atoms with Crippen LogP contribution < -0.4 is 5.32 Å². The fraction of sp³-hybridized carbons (Fsp3) is 0.500. The zero-order chi connectivity index (χ0) is 14.2. The van der Waals surface area contributed by atoms with Crippen molar-refractivity contribution in [1.29, 1.82) is 5.26 Å². The maximum atomic E-state index is 12.5. The summed E-state index contributed by atoms with van der Waals surface area (Å²) >= 11 is 0. The van der Waals surface area contributed by atoms with Crippen LogP contribution in [0.5, 0.6) is 5.75 Å². The van der Waals surface area contributed by atoms with Crippen molar-refractivity contribution in [2.75, 3.05) is 0 Å². The highest BCUT2D eigenvalue weighted by Gasteiger charge is 2.42. The molecule has 1 aromatic carbocycles. The van der Waals surface area contributed by atoms with Crippen molar-refractivity contribution in [1.82, 2.24) is 5.32 Å². The Labute approximate surface area is 118 Å². The molecule has 1 amide bonds. The van der Waals surface area contributed by atoms with Gasteiger partial charge in [-0.3, -0.25) is 4.79 Å². The number of rotatable bonds is 2. The first-order chi connectivity index (χ1) is 9.66. The van der Waals surface area contributed by atoms with E-state index in [-0.39, 0.29) is 11.9 Å². The summed E-state index contributed by atoms with van der Waals surface area (Å²) < 4.78 is 0. The molecule has 0 aliphatic heterocycles. The Morgan fingerprint density at radius 3 is 2.85 bits per heavy atom. The fourth-order valence-corrected chi connectivity index (χ4v) is 3.45. The molecule has 0 bridgehead atoms. The Hall–Kier alpha value is -2.02. The molecule has 20 heavy (non-hydrogen) atoms. The lowest BCUT2D eigenvalue weighted by atomic mass is 9.86. The maximum absolute atomic E-state index is 12.5. The van der Waals surface area contributed by atoms with Crippen LogP contribution >= 0.6 is 0 Å². The van der Waals surface area contributed by atoms with E-state index in [1.54, 1.807) is 12.1 Å². The molecule has 0 heterocycles.